The number of alkyl halides is 1. The topological polar surface area (TPSA) is 111 Å². The normalized spacial score (nSPS) is 36.1. The van der Waals surface area contributed by atoms with Gasteiger partial charge in [-0.2, -0.15) is 5.26 Å². The van der Waals surface area contributed by atoms with Crippen LogP contribution in [0, 0.1) is 22.7 Å². The van der Waals surface area contributed by atoms with Crippen LogP contribution in [0.5, 0.6) is 0 Å². The van der Waals surface area contributed by atoms with Crippen LogP contribution >= 0.6 is 0 Å². The number of likely N-dealkylation sites (tertiary alicyclic amines) is 1. The van der Waals surface area contributed by atoms with Crippen molar-refractivity contribution in [1.29, 1.82) is 5.26 Å². The van der Waals surface area contributed by atoms with Crippen molar-refractivity contribution in [3.8, 4) is 6.07 Å². The van der Waals surface area contributed by atoms with Crippen LogP contribution in [0.15, 0.2) is 0 Å². The second kappa shape index (κ2) is 7.78. The second-order valence-corrected chi connectivity index (χ2v) is 12.2. The van der Waals surface area contributed by atoms with Crippen LogP contribution in [0.3, 0.4) is 0 Å². The first-order valence-electron chi connectivity index (χ1n) is 11.1. The molecule has 0 aromatic carbocycles. The van der Waals surface area contributed by atoms with E-state index in [4.69, 9.17) is 5.26 Å². The molecule has 31 heavy (non-hydrogen) atoms. The second-order valence-electron chi connectivity index (χ2n) is 9.99. The molecule has 2 unspecified atom stereocenters. The van der Waals surface area contributed by atoms with Gasteiger partial charge in [-0.3, -0.25) is 9.59 Å². The van der Waals surface area contributed by atoms with Gasteiger partial charge in [0, 0.05) is 32.0 Å². The molecule has 172 valence electrons. The van der Waals surface area contributed by atoms with Crippen molar-refractivity contribution in [1.82, 2.24) is 14.5 Å². The lowest BCUT2D eigenvalue weighted by Gasteiger charge is -2.41. The first-order chi connectivity index (χ1) is 14.5. The van der Waals surface area contributed by atoms with Gasteiger partial charge in [-0.05, 0) is 37.0 Å². The quantitative estimate of drug-likeness (QED) is 0.663. The number of nitrogens with one attached hydrogen (secondary N) is 1. The number of amides is 1. The Kier molecular flexibility index (Phi) is 5.68. The van der Waals surface area contributed by atoms with Crippen molar-refractivity contribution in [3.63, 3.8) is 0 Å². The standard InChI is InChI=1S/C21H31FN4O4S/c1-20(2)14-3-6-21(20,18(27)9-14)31(29,30)25-7-4-16(5-8-25)24-12-19(28)26-13-15(22)10-17(26)11-23/h14-17,24H,3-10,12-13H2,1-2H3/t14?,15-,17-,21?/m0/s1. The number of rotatable bonds is 5. The van der Waals surface area contributed by atoms with Crippen molar-refractivity contribution in [2.24, 2.45) is 11.3 Å². The summed E-state index contributed by atoms with van der Waals surface area (Å²) in [5, 5.41) is 12.2. The number of hydrogen-bond donors (Lipinski definition) is 1. The predicted molar refractivity (Wildman–Crippen MR) is 111 cm³/mol. The van der Waals surface area contributed by atoms with Gasteiger partial charge in [0.25, 0.3) is 0 Å². The Hall–Kier alpha value is -1.57. The number of hydrogen-bond acceptors (Lipinski definition) is 6. The molecule has 0 spiro atoms. The van der Waals surface area contributed by atoms with Crippen LogP contribution in [-0.4, -0.2) is 78.5 Å². The van der Waals surface area contributed by atoms with Gasteiger partial charge in [0.05, 0.1) is 19.2 Å². The fourth-order valence-corrected chi connectivity index (χ4v) is 8.99. The summed E-state index contributed by atoms with van der Waals surface area (Å²) in [6.45, 7) is 4.40. The third kappa shape index (κ3) is 3.31. The lowest BCUT2D eigenvalue weighted by atomic mass is 9.81. The van der Waals surface area contributed by atoms with E-state index in [0.29, 0.717) is 38.8 Å². The average Bonchev–Trinajstić information content (AvgIpc) is 3.30. The van der Waals surface area contributed by atoms with E-state index in [9.17, 15) is 22.4 Å². The summed E-state index contributed by atoms with van der Waals surface area (Å²) in [6.07, 6.45) is 1.49. The molecule has 4 fully saturated rings. The SMILES string of the molecule is CC1(C)C2CCC1(S(=O)(=O)N1CCC(NCC(=O)N3C[C@@H](F)C[C@H]3C#N)CC1)C(=O)C2. The lowest BCUT2D eigenvalue weighted by Crippen LogP contribution is -2.58. The number of Topliss-reactive ketones (excluding diaryl/α,β-unsaturated/α-hetero) is 1. The Balaban J connectivity index is 1.35. The Bertz CT molecular complexity index is 909. The van der Waals surface area contributed by atoms with Crippen molar-refractivity contribution in [2.75, 3.05) is 26.2 Å². The first-order valence-corrected chi connectivity index (χ1v) is 12.6. The number of sulfonamides is 1. The van der Waals surface area contributed by atoms with E-state index in [1.54, 1.807) is 0 Å². The molecule has 4 atom stereocenters. The minimum Gasteiger partial charge on any atom is -0.323 e. The molecule has 0 aromatic heterocycles. The van der Waals surface area contributed by atoms with Gasteiger partial charge in [-0.25, -0.2) is 17.1 Å². The maximum atomic E-state index is 13.6. The predicted octanol–water partition coefficient (Wildman–Crippen LogP) is 0.981. The number of halogens is 1. The van der Waals surface area contributed by atoms with Crippen LogP contribution in [0.25, 0.3) is 0 Å². The molecule has 2 heterocycles. The first kappa shape index (κ1) is 22.6. The third-order valence-electron chi connectivity index (χ3n) is 8.28. The van der Waals surface area contributed by atoms with E-state index in [1.165, 1.54) is 9.21 Å². The number of fused-ring (bicyclic) bond motifs is 2. The fourth-order valence-electron chi connectivity index (χ4n) is 6.28. The summed E-state index contributed by atoms with van der Waals surface area (Å²) in [4.78, 5) is 26.5. The maximum absolute atomic E-state index is 13.6. The Morgan fingerprint density at radius 2 is 1.97 bits per heavy atom. The molecule has 2 saturated carbocycles. The summed E-state index contributed by atoms with van der Waals surface area (Å²) >= 11 is 0. The molecule has 2 bridgehead atoms. The van der Waals surface area contributed by atoms with Gasteiger partial charge >= 0.3 is 0 Å². The molecule has 2 saturated heterocycles. The van der Waals surface area contributed by atoms with Crippen LogP contribution in [-0.2, 0) is 19.6 Å². The summed E-state index contributed by atoms with van der Waals surface area (Å²) in [6, 6.07) is 1.21. The molecule has 4 rings (SSSR count). The number of nitriles is 1. The molecule has 10 heteroatoms. The third-order valence-corrected chi connectivity index (χ3v) is 11.2. The highest BCUT2D eigenvalue weighted by atomic mass is 32.2. The van der Waals surface area contributed by atoms with Crippen LogP contribution in [0.1, 0.15) is 52.4 Å². The van der Waals surface area contributed by atoms with Crippen molar-refractivity contribution in [3.05, 3.63) is 0 Å². The van der Waals surface area contributed by atoms with Crippen LogP contribution in [0.2, 0.25) is 0 Å². The highest BCUT2D eigenvalue weighted by molar-refractivity contribution is 7.91. The minimum absolute atomic E-state index is 0.000544. The van der Waals surface area contributed by atoms with Gasteiger partial charge in [0.2, 0.25) is 15.9 Å². The molecule has 1 N–H and O–H groups in total. The summed E-state index contributed by atoms with van der Waals surface area (Å²) in [5.74, 6) is -0.314. The Morgan fingerprint density at radius 3 is 2.52 bits per heavy atom. The summed E-state index contributed by atoms with van der Waals surface area (Å²) in [7, 11) is -3.77. The number of nitrogens with zero attached hydrogens (tertiary/aromatic N) is 3. The molecule has 0 radical (unpaired) electrons. The zero-order chi connectivity index (χ0) is 22.6. The van der Waals surface area contributed by atoms with E-state index < -0.39 is 32.4 Å². The smallest absolute Gasteiger partial charge is 0.237 e. The average molecular weight is 455 g/mol. The largest absolute Gasteiger partial charge is 0.323 e. The van der Waals surface area contributed by atoms with Crippen molar-refractivity contribution >= 4 is 21.7 Å². The highest BCUT2D eigenvalue weighted by Gasteiger charge is 2.71. The van der Waals surface area contributed by atoms with Crippen LogP contribution in [0.4, 0.5) is 4.39 Å². The maximum Gasteiger partial charge on any atom is 0.237 e. The van der Waals surface area contributed by atoms with E-state index in [-0.39, 0.29) is 43.2 Å². The summed E-state index contributed by atoms with van der Waals surface area (Å²) in [5.41, 5.74) is -0.550. The Labute approximate surface area is 183 Å². The van der Waals surface area contributed by atoms with Gasteiger partial charge < -0.3 is 10.2 Å². The molecule has 2 aliphatic heterocycles. The molecule has 0 aromatic rings. The van der Waals surface area contributed by atoms with Gasteiger partial charge in [-0.15, -0.1) is 0 Å². The minimum atomic E-state index is -3.77. The van der Waals surface area contributed by atoms with Crippen LogP contribution < -0.4 is 5.32 Å². The number of carbonyl (C=O) groups excluding carboxylic acids is 2. The summed E-state index contributed by atoms with van der Waals surface area (Å²) < 4.78 is 40.9. The highest BCUT2D eigenvalue weighted by Crippen LogP contribution is 2.62. The number of piperidine rings is 1. The lowest BCUT2D eigenvalue weighted by molar-refractivity contribution is -0.130. The van der Waals surface area contributed by atoms with Gasteiger partial charge in [0.15, 0.2) is 5.78 Å². The fraction of sp³-hybridized carbons (Fsp3) is 0.857. The molecule has 4 aliphatic rings. The van der Waals surface area contributed by atoms with Crippen molar-refractivity contribution in [2.45, 2.75) is 75.4 Å². The van der Waals surface area contributed by atoms with Crippen molar-refractivity contribution < 1.29 is 22.4 Å². The zero-order valence-electron chi connectivity index (χ0n) is 18.1. The monoisotopic (exact) mass is 454 g/mol. The van der Waals surface area contributed by atoms with E-state index in [0.717, 1.165) is 6.42 Å². The van der Waals surface area contributed by atoms with Gasteiger partial charge in [0.1, 0.15) is 17.0 Å². The molecular weight excluding hydrogens is 423 g/mol. The molecule has 8 nitrogen and oxygen atoms in total. The van der Waals surface area contributed by atoms with E-state index >= 15 is 0 Å². The molecule has 2 aliphatic carbocycles. The number of ketones is 1. The van der Waals surface area contributed by atoms with Gasteiger partial charge in [-0.1, -0.05) is 13.8 Å². The van der Waals surface area contributed by atoms with E-state index in [1.807, 2.05) is 19.9 Å². The number of carbonyl (C=O) groups is 2. The molecule has 1 amide bonds. The molecular formula is C21H31FN4O4S. The zero-order valence-corrected chi connectivity index (χ0v) is 19.0. The Morgan fingerprint density at radius 1 is 1.29 bits per heavy atom. The van der Waals surface area contributed by atoms with E-state index in [2.05, 4.69) is 5.32 Å².